The number of aliphatic imine (C=N–C) groups is 1. The number of rotatable bonds is 9. The van der Waals surface area contributed by atoms with Crippen LogP contribution in [0.2, 0.25) is 0 Å². The third-order valence-corrected chi connectivity index (χ3v) is 9.98. The van der Waals surface area contributed by atoms with E-state index in [1.54, 1.807) is 14.0 Å². The van der Waals surface area contributed by atoms with Gasteiger partial charge >= 0.3 is 17.9 Å². The number of esters is 3. The van der Waals surface area contributed by atoms with Crippen LogP contribution in [0.4, 0.5) is 0 Å². The quantitative estimate of drug-likeness (QED) is 0.195. The molecule has 4 bridgehead atoms. The number of carbonyl (C=O) groups excluding carboxylic acids is 3. The average Bonchev–Trinajstić information content (AvgIpc) is 3.89. The van der Waals surface area contributed by atoms with Crippen LogP contribution in [0.15, 0.2) is 75.4 Å². The van der Waals surface area contributed by atoms with Gasteiger partial charge in [0.15, 0.2) is 18.3 Å². The van der Waals surface area contributed by atoms with Crippen molar-refractivity contribution in [1.29, 1.82) is 0 Å². The predicted molar refractivity (Wildman–Crippen MR) is 198 cm³/mol. The summed E-state index contributed by atoms with van der Waals surface area (Å²) in [5.74, 6) is -1.44. The first-order chi connectivity index (χ1) is 25.2. The summed E-state index contributed by atoms with van der Waals surface area (Å²) in [7, 11) is 1.66. The summed E-state index contributed by atoms with van der Waals surface area (Å²) in [5.41, 5.74) is 3.93. The zero-order valence-corrected chi connectivity index (χ0v) is 32.1. The molecule has 4 aliphatic heterocycles. The molecule has 2 saturated heterocycles. The van der Waals surface area contributed by atoms with Gasteiger partial charge in [-0.2, -0.15) is 0 Å². The molecule has 0 saturated carbocycles. The highest BCUT2D eigenvalue weighted by Gasteiger charge is 2.57. The largest absolute Gasteiger partial charge is 0.467 e. The van der Waals surface area contributed by atoms with Crippen molar-refractivity contribution in [2.24, 2.45) is 22.2 Å². The predicted octanol–water partition coefficient (Wildman–Crippen LogP) is 5.27. The second-order valence-electron chi connectivity index (χ2n) is 15.3. The van der Waals surface area contributed by atoms with Crippen LogP contribution < -0.4 is 0 Å². The Balaban J connectivity index is 1.55. The average molecular weight is 735 g/mol. The summed E-state index contributed by atoms with van der Waals surface area (Å²) >= 11 is 0. The fourth-order valence-corrected chi connectivity index (χ4v) is 6.91. The van der Waals surface area contributed by atoms with E-state index >= 15 is 0 Å². The summed E-state index contributed by atoms with van der Waals surface area (Å²) in [6.07, 6.45) is 7.71. The van der Waals surface area contributed by atoms with Crippen molar-refractivity contribution < 1.29 is 47.9 Å². The lowest BCUT2D eigenvalue weighted by atomic mass is 9.83. The van der Waals surface area contributed by atoms with Crippen LogP contribution in [-0.2, 0) is 49.2 Å². The van der Waals surface area contributed by atoms with Gasteiger partial charge in [-0.1, -0.05) is 45.9 Å². The maximum absolute atomic E-state index is 13.7. The molecule has 2 fully saturated rings. The van der Waals surface area contributed by atoms with E-state index in [0.29, 0.717) is 42.7 Å². The Morgan fingerprint density at radius 1 is 1.13 bits per heavy atom. The molecule has 288 valence electrons. The third-order valence-electron chi connectivity index (χ3n) is 9.98. The number of hydrogen-bond acceptors (Lipinski definition) is 11. The first kappa shape index (κ1) is 39.9. The minimum atomic E-state index is -1.49. The summed E-state index contributed by atoms with van der Waals surface area (Å²) in [6.45, 7) is 13.7. The number of nitrogens with zero attached hydrogens (tertiary/aromatic N) is 1. The lowest BCUT2D eigenvalue weighted by Gasteiger charge is -2.27. The molecule has 1 aromatic rings. The van der Waals surface area contributed by atoms with E-state index < -0.39 is 54.3 Å². The minimum absolute atomic E-state index is 0.000324. The molecule has 12 nitrogen and oxygen atoms in total. The van der Waals surface area contributed by atoms with Crippen molar-refractivity contribution in [2.75, 3.05) is 33.5 Å². The number of H-pyrrole nitrogens is 1. The van der Waals surface area contributed by atoms with E-state index in [-0.39, 0.29) is 30.6 Å². The second-order valence-corrected chi connectivity index (χ2v) is 15.3. The lowest BCUT2D eigenvalue weighted by molar-refractivity contribution is -0.153. The van der Waals surface area contributed by atoms with E-state index in [4.69, 9.17) is 33.4 Å². The van der Waals surface area contributed by atoms with Gasteiger partial charge in [0.05, 0.1) is 25.9 Å². The fraction of sp³-hybridized carbons (Fsp3) is 0.561. The Morgan fingerprint density at radius 2 is 1.91 bits per heavy atom. The van der Waals surface area contributed by atoms with Gasteiger partial charge in [0.2, 0.25) is 5.90 Å². The van der Waals surface area contributed by atoms with Crippen LogP contribution in [0.3, 0.4) is 0 Å². The normalized spacial score (nSPS) is 32.0. The molecule has 53 heavy (non-hydrogen) atoms. The topological polar surface area (TPSA) is 155 Å². The number of cyclic esters (lactones) is 1. The number of fused-ring (bicyclic) bond motifs is 6. The van der Waals surface area contributed by atoms with Crippen molar-refractivity contribution >= 4 is 23.8 Å². The molecule has 12 heteroatoms. The van der Waals surface area contributed by atoms with Gasteiger partial charge in [0.25, 0.3) is 0 Å². The second kappa shape index (κ2) is 17.3. The molecular weight excluding hydrogens is 680 g/mol. The Hall–Kier alpha value is -4.26. The highest BCUT2D eigenvalue weighted by molar-refractivity contribution is 5.97. The number of aliphatic hydroxyl groups is 1. The molecule has 0 amide bonds. The zero-order chi connectivity index (χ0) is 38.4. The molecule has 0 unspecified atom stereocenters. The Kier molecular flexibility index (Phi) is 13.0. The molecule has 0 aromatic carbocycles. The monoisotopic (exact) mass is 734 g/mol. The van der Waals surface area contributed by atoms with Crippen LogP contribution >= 0.6 is 0 Å². The van der Waals surface area contributed by atoms with Gasteiger partial charge in [0, 0.05) is 30.9 Å². The zero-order valence-electron chi connectivity index (χ0n) is 32.1. The first-order valence-corrected chi connectivity index (χ1v) is 18.4. The van der Waals surface area contributed by atoms with Gasteiger partial charge in [-0.3, -0.25) is 4.79 Å². The molecule has 4 aliphatic rings. The van der Waals surface area contributed by atoms with Gasteiger partial charge < -0.3 is 38.5 Å². The summed E-state index contributed by atoms with van der Waals surface area (Å²) < 4.78 is 35.4. The molecular formula is C41H54N2O10. The van der Waals surface area contributed by atoms with Crippen LogP contribution in [0.1, 0.15) is 72.7 Å². The number of aliphatic hydroxyl groups excluding tert-OH is 1. The van der Waals surface area contributed by atoms with Crippen LogP contribution in [-0.4, -0.2) is 97.9 Å². The highest BCUT2D eigenvalue weighted by Crippen LogP contribution is 2.40. The van der Waals surface area contributed by atoms with E-state index in [1.165, 1.54) is 6.92 Å². The molecule has 1 aromatic heterocycles. The smallest absolute Gasteiger partial charge is 0.334 e. The Bertz CT molecular complexity index is 1730. The summed E-state index contributed by atoms with van der Waals surface area (Å²) in [6, 6.07) is 3.28. The van der Waals surface area contributed by atoms with Crippen LogP contribution in [0, 0.1) is 17.3 Å². The molecule has 0 radical (unpaired) electrons. The number of nitrogens with one attached hydrogen (secondary N) is 1. The van der Waals surface area contributed by atoms with E-state index in [0.717, 1.165) is 34.9 Å². The lowest BCUT2D eigenvalue weighted by Crippen LogP contribution is -2.43. The fourth-order valence-electron chi connectivity index (χ4n) is 6.91. The van der Waals surface area contributed by atoms with Gasteiger partial charge in [-0.05, 0) is 85.9 Å². The van der Waals surface area contributed by atoms with Crippen LogP contribution in [0.25, 0.3) is 0 Å². The van der Waals surface area contributed by atoms with Gasteiger partial charge in [-0.25, -0.2) is 14.6 Å². The molecule has 6 atom stereocenters. The maximum atomic E-state index is 13.7. The van der Waals surface area contributed by atoms with Gasteiger partial charge in [0.1, 0.15) is 23.8 Å². The maximum Gasteiger partial charge on any atom is 0.334 e. The molecule has 5 rings (SSSR count). The van der Waals surface area contributed by atoms with Crippen molar-refractivity contribution in [2.45, 2.75) is 98.2 Å². The number of hydrogen-bond donors (Lipinski definition) is 2. The van der Waals surface area contributed by atoms with Crippen molar-refractivity contribution in [3.8, 4) is 0 Å². The van der Waals surface area contributed by atoms with Crippen molar-refractivity contribution in [3.05, 3.63) is 81.8 Å². The van der Waals surface area contributed by atoms with Gasteiger partial charge in [-0.15, -0.1) is 0 Å². The van der Waals surface area contributed by atoms with E-state index in [9.17, 15) is 19.5 Å². The number of aromatic amines is 1. The SMILES string of the molecule is COC/C=C/C(C)=C1\CO[C@@H](CC(C)C)\C1=C/[C@@H]1N=C2O[C@@H]1COC(=O)/C(CC(C)C)=C\C(=O)O[C@@H]1[C@@H](OC(=O)[C@]1(C)CO)/C(C)=C\Cc1ccc2[nH]1. The number of carbonyl (C=O) groups is 3. The Morgan fingerprint density at radius 3 is 2.60 bits per heavy atom. The molecule has 0 aliphatic carbocycles. The number of aromatic nitrogens is 1. The summed E-state index contributed by atoms with van der Waals surface area (Å²) in [4.78, 5) is 48.5. The van der Waals surface area contributed by atoms with Crippen LogP contribution in [0.5, 0.6) is 0 Å². The first-order valence-electron chi connectivity index (χ1n) is 18.4. The highest BCUT2D eigenvalue weighted by atomic mass is 16.6. The molecule has 2 N–H and O–H groups in total. The van der Waals surface area contributed by atoms with E-state index in [2.05, 4.69) is 31.8 Å². The third kappa shape index (κ3) is 9.28. The number of methoxy groups -OCH3 is 1. The number of ether oxygens (including phenoxy) is 6. The molecule has 5 heterocycles. The Labute approximate surface area is 312 Å². The van der Waals surface area contributed by atoms with Crippen molar-refractivity contribution in [1.82, 2.24) is 4.98 Å². The minimum Gasteiger partial charge on any atom is -0.467 e. The van der Waals surface area contributed by atoms with E-state index in [1.807, 2.05) is 44.2 Å². The number of allylic oxidation sites excluding steroid dienone is 3. The molecule has 0 spiro atoms. The van der Waals surface area contributed by atoms with Crippen molar-refractivity contribution in [3.63, 3.8) is 0 Å². The standard InChI is InChI=1S/C41H54N2O10/c1-23(2)16-27-18-35(45)52-37-36(53-40(47)41(37,7)22-44)26(6)11-12-28-13-14-31(42-28)38-43-32(34(51-38)21-50-39(27)46)19-29-30(25(5)10-9-15-48-8)20-49-33(29)17-24(3)4/h9-11,13-14,18-19,23-24,32-34,36-37,42,44H,12,15-17,20-22H2,1-8H3/b10-9+,26-11-,27-18-,29-19-,30-25+/t32-,33-,34+,36-,37+,41+/m0/s1. The summed E-state index contributed by atoms with van der Waals surface area (Å²) in [5, 5.41) is 10.2.